The zero-order valence-corrected chi connectivity index (χ0v) is 18.0. The maximum Gasteiger partial charge on any atom is 0.234 e. The Bertz CT molecular complexity index is 828. The fraction of sp³-hybridized carbons (Fsp3) is 0.571. The standard InChI is InChI=1S/C21H29N5O2S/c1-3-15(2)16-4-6-17(7-5-16)22-19(27)14-29-21-24-23-20(26(21)18-8-9-18)25-10-12-28-13-11-25/h4-7,15,18H,3,8-14H2,1-2H3,(H,22,27). The molecule has 1 aliphatic carbocycles. The second-order valence-corrected chi connectivity index (χ2v) is 8.69. The lowest BCUT2D eigenvalue weighted by molar-refractivity contribution is -0.113. The molecule has 1 aliphatic heterocycles. The predicted molar refractivity (Wildman–Crippen MR) is 116 cm³/mol. The maximum atomic E-state index is 12.4. The van der Waals surface area contributed by atoms with Crippen molar-refractivity contribution >= 4 is 29.3 Å². The lowest BCUT2D eigenvalue weighted by Gasteiger charge is -2.27. The molecule has 1 aromatic heterocycles. The molecule has 2 aromatic rings. The Morgan fingerprint density at radius 2 is 1.97 bits per heavy atom. The number of ether oxygens (including phenoxy) is 1. The van der Waals surface area contributed by atoms with E-state index < -0.39 is 0 Å². The molecule has 1 atom stereocenters. The summed E-state index contributed by atoms with van der Waals surface area (Å²) in [4.78, 5) is 14.7. The van der Waals surface area contributed by atoms with Crippen molar-refractivity contribution in [1.29, 1.82) is 0 Å². The molecular weight excluding hydrogens is 386 g/mol. The molecule has 1 aromatic carbocycles. The van der Waals surface area contributed by atoms with Crippen LogP contribution in [0.5, 0.6) is 0 Å². The highest BCUT2D eigenvalue weighted by Crippen LogP contribution is 2.41. The van der Waals surface area contributed by atoms with Crippen LogP contribution in [-0.4, -0.2) is 52.7 Å². The van der Waals surface area contributed by atoms with Crippen molar-refractivity contribution in [3.8, 4) is 0 Å². The first-order valence-corrected chi connectivity index (χ1v) is 11.4. The first-order valence-electron chi connectivity index (χ1n) is 10.5. The van der Waals surface area contributed by atoms with Gasteiger partial charge in [0.25, 0.3) is 0 Å². The molecule has 4 rings (SSSR count). The van der Waals surface area contributed by atoms with Crippen LogP contribution in [0.2, 0.25) is 0 Å². The fourth-order valence-corrected chi connectivity index (χ4v) is 4.26. The van der Waals surface area contributed by atoms with Crippen molar-refractivity contribution < 1.29 is 9.53 Å². The van der Waals surface area contributed by atoms with Crippen molar-refractivity contribution in [2.75, 3.05) is 42.3 Å². The number of hydrogen-bond donors (Lipinski definition) is 1. The molecule has 1 N–H and O–H groups in total. The molecule has 2 aliphatic rings. The third-order valence-corrected chi connectivity index (χ3v) is 6.50. The lowest BCUT2D eigenvalue weighted by atomic mass is 9.99. The molecule has 8 heteroatoms. The number of nitrogens with one attached hydrogen (secondary N) is 1. The highest BCUT2D eigenvalue weighted by Gasteiger charge is 2.32. The summed E-state index contributed by atoms with van der Waals surface area (Å²) in [5.41, 5.74) is 2.13. The summed E-state index contributed by atoms with van der Waals surface area (Å²) >= 11 is 1.46. The maximum absolute atomic E-state index is 12.4. The van der Waals surface area contributed by atoms with Crippen LogP contribution in [-0.2, 0) is 9.53 Å². The zero-order chi connectivity index (χ0) is 20.2. The first kappa shape index (κ1) is 20.2. The van der Waals surface area contributed by atoms with E-state index in [1.54, 1.807) is 0 Å². The Morgan fingerprint density at radius 1 is 1.24 bits per heavy atom. The van der Waals surface area contributed by atoms with Gasteiger partial charge in [-0.2, -0.15) is 0 Å². The van der Waals surface area contributed by atoms with Gasteiger partial charge in [-0.05, 0) is 42.9 Å². The van der Waals surface area contributed by atoms with E-state index in [2.05, 4.69) is 51.0 Å². The third-order valence-electron chi connectivity index (χ3n) is 5.56. The van der Waals surface area contributed by atoms with Gasteiger partial charge >= 0.3 is 0 Å². The highest BCUT2D eigenvalue weighted by molar-refractivity contribution is 7.99. The number of aromatic nitrogens is 3. The number of morpholine rings is 1. The molecule has 1 saturated heterocycles. The molecule has 29 heavy (non-hydrogen) atoms. The number of benzene rings is 1. The van der Waals surface area contributed by atoms with Gasteiger partial charge in [-0.15, -0.1) is 10.2 Å². The summed E-state index contributed by atoms with van der Waals surface area (Å²) in [6.07, 6.45) is 3.41. The topological polar surface area (TPSA) is 72.3 Å². The third kappa shape index (κ3) is 4.93. The van der Waals surface area contributed by atoms with Crippen molar-refractivity contribution in [2.45, 2.75) is 50.2 Å². The molecule has 0 bridgehead atoms. The number of amides is 1. The van der Waals surface area contributed by atoms with Crippen LogP contribution in [0.1, 0.15) is 50.6 Å². The van der Waals surface area contributed by atoms with Gasteiger partial charge in [-0.1, -0.05) is 37.7 Å². The summed E-state index contributed by atoms with van der Waals surface area (Å²) in [7, 11) is 0. The monoisotopic (exact) mass is 415 g/mol. The average molecular weight is 416 g/mol. The number of hydrogen-bond acceptors (Lipinski definition) is 6. The Hall–Kier alpha value is -2.06. The van der Waals surface area contributed by atoms with Gasteiger partial charge in [-0.3, -0.25) is 9.36 Å². The van der Waals surface area contributed by atoms with E-state index in [-0.39, 0.29) is 5.91 Å². The Morgan fingerprint density at radius 3 is 2.62 bits per heavy atom. The molecule has 2 fully saturated rings. The van der Waals surface area contributed by atoms with Gasteiger partial charge in [-0.25, -0.2) is 0 Å². The fourth-order valence-electron chi connectivity index (χ4n) is 3.46. The molecule has 1 saturated carbocycles. The van der Waals surface area contributed by atoms with E-state index >= 15 is 0 Å². The van der Waals surface area contributed by atoms with Gasteiger partial charge in [0, 0.05) is 24.8 Å². The van der Waals surface area contributed by atoms with Gasteiger partial charge < -0.3 is 15.0 Å². The van der Waals surface area contributed by atoms with Crippen LogP contribution < -0.4 is 10.2 Å². The van der Waals surface area contributed by atoms with E-state index in [0.717, 1.165) is 62.4 Å². The summed E-state index contributed by atoms with van der Waals surface area (Å²) in [5.74, 6) is 1.75. The van der Waals surface area contributed by atoms with Crippen LogP contribution in [0.3, 0.4) is 0 Å². The number of thioether (sulfide) groups is 1. The SMILES string of the molecule is CCC(C)c1ccc(NC(=O)CSc2nnc(N3CCOCC3)n2C2CC2)cc1. The van der Waals surface area contributed by atoms with E-state index in [0.29, 0.717) is 17.7 Å². The summed E-state index contributed by atoms with van der Waals surface area (Å²) in [6, 6.07) is 8.60. The van der Waals surface area contributed by atoms with Gasteiger partial charge in [0.05, 0.1) is 19.0 Å². The molecular formula is C21H29N5O2S. The molecule has 1 amide bonds. The number of carbonyl (C=O) groups is 1. The highest BCUT2D eigenvalue weighted by atomic mass is 32.2. The Kier molecular flexibility index (Phi) is 6.40. The van der Waals surface area contributed by atoms with Crippen molar-refractivity contribution in [3.63, 3.8) is 0 Å². The number of carbonyl (C=O) groups excluding carboxylic acids is 1. The van der Waals surface area contributed by atoms with Crippen LogP contribution in [0.25, 0.3) is 0 Å². The van der Waals surface area contributed by atoms with E-state index in [1.807, 2.05) is 12.1 Å². The second kappa shape index (κ2) is 9.17. The van der Waals surface area contributed by atoms with Crippen LogP contribution in [0.15, 0.2) is 29.4 Å². The van der Waals surface area contributed by atoms with Crippen LogP contribution >= 0.6 is 11.8 Å². The summed E-state index contributed by atoms with van der Waals surface area (Å²) < 4.78 is 7.66. The van der Waals surface area contributed by atoms with Crippen molar-refractivity contribution in [2.24, 2.45) is 0 Å². The molecule has 156 valence electrons. The minimum absolute atomic E-state index is 0.0236. The normalized spacial score (nSPS) is 17.9. The van der Waals surface area contributed by atoms with Gasteiger partial charge in [0.2, 0.25) is 11.9 Å². The summed E-state index contributed by atoms with van der Waals surface area (Å²) in [5, 5.41) is 12.6. The second-order valence-electron chi connectivity index (χ2n) is 7.75. The van der Waals surface area contributed by atoms with E-state index in [9.17, 15) is 4.79 Å². The average Bonchev–Trinajstić information content (AvgIpc) is 3.51. The molecule has 0 spiro atoms. The van der Waals surface area contributed by atoms with Gasteiger partial charge in [0.1, 0.15) is 0 Å². The first-order chi connectivity index (χ1) is 14.2. The molecule has 7 nitrogen and oxygen atoms in total. The minimum atomic E-state index is -0.0236. The number of rotatable bonds is 8. The zero-order valence-electron chi connectivity index (χ0n) is 17.1. The van der Waals surface area contributed by atoms with Gasteiger partial charge in [0.15, 0.2) is 5.16 Å². The molecule has 2 heterocycles. The lowest BCUT2D eigenvalue weighted by Crippen LogP contribution is -2.38. The van der Waals surface area contributed by atoms with E-state index in [1.165, 1.54) is 17.3 Å². The number of anilines is 2. The minimum Gasteiger partial charge on any atom is -0.378 e. The smallest absolute Gasteiger partial charge is 0.234 e. The van der Waals surface area contributed by atoms with E-state index in [4.69, 9.17) is 4.74 Å². The quantitative estimate of drug-likeness (QED) is 0.663. The molecule has 1 unspecified atom stereocenters. The number of nitrogens with zero attached hydrogens (tertiary/aromatic N) is 4. The Labute approximate surface area is 176 Å². The van der Waals surface area contributed by atoms with Crippen LogP contribution in [0, 0.1) is 0 Å². The Balaban J connectivity index is 1.36. The van der Waals surface area contributed by atoms with Crippen LogP contribution in [0.4, 0.5) is 11.6 Å². The van der Waals surface area contributed by atoms with Crippen molar-refractivity contribution in [3.05, 3.63) is 29.8 Å². The molecule has 0 radical (unpaired) electrons. The largest absolute Gasteiger partial charge is 0.378 e. The van der Waals surface area contributed by atoms with Crippen molar-refractivity contribution in [1.82, 2.24) is 14.8 Å². The predicted octanol–water partition coefficient (Wildman–Crippen LogP) is 3.69. The summed E-state index contributed by atoms with van der Waals surface area (Å²) in [6.45, 7) is 7.51.